The Morgan fingerprint density at radius 3 is 2.79 bits per heavy atom. The average Bonchev–Trinajstić information content (AvgIpc) is 2.73. The van der Waals surface area contributed by atoms with Crippen LogP contribution in [-0.4, -0.2) is 62.8 Å². The van der Waals surface area contributed by atoms with Crippen LogP contribution in [0, 0.1) is 0 Å². The predicted molar refractivity (Wildman–Crippen MR) is 100 cm³/mol. The molecule has 0 aromatic carbocycles. The second-order valence-electron chi connectivity index (χ2n) is 7.57. The summed E-state index contributed by atoms with van der Waals surface area (Å²) >= 11 is 0. The lowest BCUT2D eigenvalue weighted by atomic mass is 9.95. The number of hydrogen-bond donors (Lipinski definition) is 1. The molecule has 3 amide bonds. The number of carbonyl (C=O) groups excluding carboxylic acids is 3. The third-order valence-corrected chi connectivity index (χ3v) is 5.62. The van der Waals surface area contributed by atoms with Gasteiger partial charge in [0, 0.05) is 70.0 Å². The second kappa shape index (κ2) is 7.65. The SMILES string of the molecule is CC(=O)N1CCc2nc([C@H]3CCCN(C(=O)C4=NNC(=O)CC4)C3)ncc2C1. The molecular weight excluding hydrogens is 360 g/mol. The van der Waals surface area contributed by atoms with Gasteiger partial charge in [-0.05, 0) is 12.8 Å². The highest BCUT2D eigenvalue weighted by Crippen LogP contribution is 2.27. The largest absolute Gasteiger partial charge is 0.338 e. The van der Waals surface area contributed by atoms with Gasteiger partial charge in [-0.15, -0.1) is 0 Å². The molecule has 0 radical (unpaired) electrons. The maximum Gasteiger partial charge on any atom is 0.270 e. The van der Waals surface area contributed by atoms with Crippen LogP contribution in [0.5, 0.6) is 0 Å². The molecule has 3 aliphatic heterocycles. The standard InChI is InChI=1S/C19H24N6O3/c1-12(26)24-8-6-15-14(11-24)9-20-18(21-15)13-3-2-7-25(10-13)19(28)16-4-5-17(27)23-22-16/h9,13H,2-8,10-11H2,1H3,(H,23,27)/t13-/m0/s1. The summed E-state index contributed by atoms with van der Waals surface area (Å²) in [4.78, 5) is 48.5. The molecule has 0 unspecified atom stereocenters. The van der Waals surface area contributed by atoms with E-state index in [0.29, 0.717) is 44.7 Å². The molecule has 0 aliphatic carbocycles. The number of amides is 3. The molecule has 1 aromatic rings. The van der Waals surface area contributed by atoms with E-state index in [4.69, 9.17) is 4.98 Å². The van der Waals surface area contributed by atoms with Crippen LogP contribution in [0.3, 0.4) is 0 Å². The Kier molecular flexibility index (Phi) is 5.06. The first-order valence-corrected chi connectivity index (χ1v) is 9.76. The van der Waals surface area contributed by atoms with Crippen molar-refractivity contribution in [3.8, 4) is 0 Å². The number of hydrazone groups is 1. The number of piperidine rings is 1. The van der Waals surface area contributed by atoms with Gasteiger partial charge >= 0.3 is 0 Å². The molecule has 0 bridgehead atoms. The summed E-state index contributed by atoms with van der Waals surface area (Å²) in [5.41, 5.74) is 4.81. The first kappa shape index (κ1) is 18.5. The molecule has 4 rings (SSSR count). The monoisotopic (exact) mass is 384 g/mol. The highest BCUT2D eigenvalue weighted by molar-refractivity contribution is 6.39. The van der Waals surface area contributed by atoms with Gasteiger partial charge in [0.15, 0.2) is 0 Å². The highest BCUT2D eigenvalue weighted by atomic mass is 16.2. The fourth-order valence-electron chi connectivity index (χ4n) is 3.98. The molecule has 0 spiro atoms. The minimum atomic E-state index is -0.154. The summed E-state index contributed by atoms with van der Waals surface area (Å²) in [5.74, 6) is 0.663. The van der Waals surface area contributed by atoms with E-state index in [2.05, 4.69) is 15.5 Å². The molecule has 28 heavy (non-hydrogen) atoms. The van der Waals surface area contributed by atoms with Crippen molar-refractivity contribution in [3.05, 3.63) is 23.3 Å². The zero-order valence-corrected chi connectivity index (χ0v) is 16.0. The molecule has 3 aliphatic rings. The minimum absolute atomic E-state index is 0.0676. The molecule has 0 saturated carbocycles. The number of rotatable bonds is 2. The van der Waals surface area contributed by atoms with Crippen LogP contribution < -0.4 is 5.43 Å². The lowest BCUT2D eigenvalue weighted by molar-refractivity contribution is -0.129. The van der Waals surface area contributed by atoms with Crippen LogP contribution in [0.4, 0.5) is 0 Å². The summed E-state index contributed by atoms with van der Waals surface area (Å²) in [6, 6.07) is 0. The topological polar surface area (TPSA) is 108 Å². The summed E-state index contributed by atoms with van der Waals surface area (Å²) in [6.07, 6.45) is 5.06. The molecule has 9 heteroatoms. The van der Waals surface area contributed by atoms with Crippen molar-refractivity contribution < 1.29 is 14.4 Å². The van der Waals surface area contributed by atoms with Crippen LogP contribution in [-0.2, 0) is 27.3 Å². The number of carbonyl (C=O) groups is 3. The molecule has 1 aromatic heterocycles. The van der Waals surface area contributed by atoms with Crippen molar-refractivity contribution in [2.75, 3.05) is 19.6 Å². The fraction of sp³-hybridized carbons (Fsp3) is 0.579. The van der Waals surface area contributed by atoms with Crippen molar-refractivity contribution in [3.63, 3.8) is 0 Å². The van der Waals surface area contributed by atoms with Crippen molar-refractivity contribution in [1.29, 1.82) is 0 Å². The van der Waals surface area contributed by atoms with Crippen LogP contribution in [0.2, 0.25) is 0 Å². The highest BCUT2D eigenvalue weighted by Gasteiger charge is 2.31. The van der Waals surface area contributed by atoms with E-state index in [9.17, 15) is 14.4 Å². The van der Waals surface area contributed by atoms with E-state index in [0.717, 1.165) is 36.3 Å². The zero-order chi connectivity index (χ0) is 19.7. The van der Waals surface area contributed by atoms with Gasteiger partial charge in [-0.3, -0.25) is 14.4 Å². The summed E-state index contributed by atoms with van der Waals surface area (Å²) in [6.45, 7) is 4.06. The Bertz CT molecular complexity index is 852. The van der Waals surface area contributed by atoms with Gasteiger partial charge in [0.25, 0.3) is 5.91 Å². The van der Waals surface area contributed by atoms with E-state index < -0.39 is 0 Å². The summed E-state index contributed by atoms with van der Waals surface area (Å²) < 4.78 is 0. The molecular formula is C19H24N6O3. The zero-order valence-electron chi connectivity index (χ0n) is 16.0. The van der Waals surface area contributed by atoms with E-state index in [1.54, 1.807) is 16.7 Å². The Balaban J connectivity index is 1.46. The molecule has 4 heterocycles. The normalized spacial score (nSPS) is 22.2. The van der Waals surface area contributed by atoms with Gasteiger partial charge in [-0.25, -0.2) is 15.4 Å². The summed E-state index contributed by atoms with van der Waals surface area (Å²) in [7, 11) is 0. The van der Waals surface area contributed by atoms with Crippen LogP contribution in [0.25, 0.3) is 0 Å². The Hall–Kier alpha value is -2.84. The van der Waals surface area contributed by atoms with E-state index in [-0.39, 0.29) is 23.6 Å². The molecule has 1 N–H and O–H groups in total. The van der Waals surface area contributed by atoms with Gasteiger partial charge in [0.1, 0.15) is 11.5 Å². The maximum atomic E-state index is 12.7. The number of nitrogens with one attached hydrogen (secondary N) is 1. The molecule has 1 fully saturated rings. The first-order chi connectivity index (χ1) is 13.5. The Morgan fingerprint density at radius 1 is 1.18 bits per heavy atom. The molecule has 1 saturated heterocycles. The van der Waals surface area contributed by atoms with Crippen molar-refractivity contribution in [2.45, 2.75) is 51.5 Å². The van der Waals surface area contributed by atoms with E-state index >= 15 is 0 Å². The van der Waals surface area contributed by atoms with Crippen molar-refractivity contribution in [2.24, 2.45) is 5.10 Å². The Morgan fingerprint density at radius 2 is 2.04 bits per heavy atom. The van der Waals surface area contributed by atoms with Gasteiger partial charge in [0.05, 0.1) is 5.69 Å². The quantitative estimate of drug-likeness (QED) is 0.792. The third-order valence-electron chi connectivity index (χ3n) is 5.62. The maximum absolute atomic E-state index is 12.7. The lowest BCUT2D eigenvalue weighted by Crippen LogP contribution is -2.45. The van der Waals surface area contributed by atoms with Gasteiger partial charge in [-0.1, -0.05) is 0 Å². The smallest absolute Gasteiger partial charge is 0.270 e. The molecule has 148 valence electrons. The van der Waals surface area contributed by atoms with Crippen molar-refractivity contribution in [1.82, 2.24) is 25.2 Å². The third kappa shape index (κ3) is 3.74. The Labute approximate surface area is 163 Å². The predicted octanol–water partition coefficient (Wildman–Crippen LogP) is 0.353. The first-order valence-electron chi connectivity index (χ1n) is 9.76. The molecule has 1 atom stereocenters. The van der Waals surface area contributed by atoms with Gasteiger partial charge in [-0.2, -0.15) is 5.10 Å². The number of hydrogen-bond acceptors (Lipinski definition) is 6. The van der Waals surface area contributed by atoms with Crippen LogP contribution >= 0.6 is 0 Å². The summed E-state index contributed by atoms with van der Waals surface area (Å²) in [5, 5.41) is 3.92. The van der Waals surface area contributed by atoms with Gasteiger partial charge < -0.3 is 9.80 Å². The van der Waals surface area contributed by atoms with E-state index in [1.807, 2.05) is 6.20 Å². The van der Waals surface area contributed by atoms with Crippen molar-refractivity contribution >= 4 is 23.4 Å². The minimum Gasteiger partial charge on any atom is -0.338 e. The number of nitrogens with zero attached hydrogens (tertiary/aromatic N) is 5. The average molecular weight is 384 g/mol. The van der Waals surface area contributed by atoms with Gasteiger partial charge in [0.2, 0.25) is 11.8 Å². The number of fused-ring (bicyclic) bond motifs is 1. The fourth-order valence-corrected chi connectivity index (χ4v) is 3.98. The van der Waals surface area contributed by atoms with Crippen LogP contribution in [0.15, 0.2) is 11.3 Å². The second-order valence-corrected chi connectivity index (χ2v) is 7.57. The molecule has 9 nitrogen and oxygen atoms in total. The van der Waals surface area contributed by atoms with E-state index in [1.165, 1.54) is 0 Å². The number of likely N-dealkylation sites (tertiary alicyclic amines) is 1. The lowest BCUT2D eigenvalue weighted by Gasteiger charge is -2.33. The number of aromatic nitrogens is 2. The van der Waals surface area contributed by atoms with Crippen LogP contribution in [0.1, 0.15) is 55.6 Å².